The van der Waals surface area contributed by atoms with Gasteiger partial charge in [0, 0.05) is 6.20 Å². The Morgan fingerprint density at radius 1 is 1.11 bits per heavy atom. The number of hydrogen-bond donors (Lipinski definition) is 0. The Bertz CT molecular complexity index is 638. The molecule has 0 radical (unpaired) electrons. The van der Waals surface area contributed by atoms with Crippen molar-refractivity contribution in [3.05, 3.63) is 48.2 Å². The molecular weight excluding hydrogens is 252 g/mol. The van der Waals surface area contributed by atoms with Crippen LogP contribution in [0, 0.1) is 0 Å². The van der Waals surface area contributed by atoms with Gasteiger partial charge in [0.25, 0.3) is 0 Å². The van der Waals surface area contributed by atoms with E-state index in [0.29, 0.717) is 0 Å². The van der Waals surface area contributed by atoms with E-state index in [2.05, 4.69) is 35.1 Å². The second kappa shape index (κ2) is 5.49. The molecular formula is C16H16N2S. The van der Waals surface area contributed by atoms with Crippen LogP contribution in [0.25, 0.3) is 20.9 Å². The molecule has 2 heterocycles. The van der Waals surface area contributed by atoms with Crippen LogP contribution in [-0.2, 0) is 6.42 Å². The number of hydrogen-bond acceptors (Lipinski definition) is 3. The van der Waals surface area contributed by atoms with E-state index in [1.807, 2.05) is 24.4 Å². The van der Waals surface area contributed by atoms with E-state index in [1.165, 1.54) is 23.1 Å². The minimum absolute atomic E-state index is 0.974. The van der Waals surface area contributed by atoms with Gasteiger partial charge in [-0.3, -0.25) is 4.98 Å². The molecule has 0 aliphatic rings. The third-order valence-corrected chi connectivity index (χ3v) is 4.22. The zero-order chi connectivity index (χ0) is 13.1. The number of unbranched alkanes of at least 4 members (excludes halogenated alkanes) is 1. The molecule has 19 heavy (non-hydrogen) atoms. The molecule has 0 atom stereocenters. The van der Waals surface area contributed by atoms with Gasteiger partial charge in [-0.1, -0.05) is 31.5 Å². The van der Waals surface area contributed by atoms with Crippen molar-refractivity contribution < 1.29 is 0 Å². The SMILES string of the molecule is CCCCc1ccc(-c2nc3ccccc3s2)nc1. The van der Waals surface area contributed by atoms with Crippen LogP contribution in [-0.4, -0.2) is 9.97 Å². The van der Waals surface area contributed by atoms with E-state index in [0.717, 1.165) is 22.6 Å². The van der Waals surface area contributed by atoms with Gasteiger partial charge >= 0.3 is 0 Å². The maximum Gasteiger partial charge on any atom is 0.143 e. The van der Waals surface area contributed by atoms with E-state index < -0.39 is 0 Å². The normalized spacial score (nSPS) is 11.0. The molecule has 0 spiro atoms. The molecule has 0 bridgehead atoms. The van der Waals surface area contributed by atoms with Gasteiger partial charge < -0.3 is 0 Å². The van der Waals surface area contributed by atoms with E-state index in [4.69, 9.17) is 0 Å². The molecule has 1 aromatic carbocycles. The second-order valence-corrected chi connectivity index (χ2v) is 5.67. The number of thiazole rings is 1. The third kappa shape index (κ3) is 2.66. The average Bonchev–Trinajstić information content (AvgIpc) is 2.89. The van der Waals surface area contributed by atoms with Crippen LogP contribution in [0.2, 0.25) is 0 Å². The largest absolute Gasteiger partial charge is 0.253 e. The van der Waals surface area contributed by atoms with Crippen LogP contribution in [0.5, 0.6) is 0 Å². The topological polar surface area (TPSA) is 25.8 Å². The van der Waals surface area contributed by atoms with Gasteiger partial charge in [0.2, 0.25) is 0 Å². The molecule has 3 rings (SSSR count). The van der Waals surface area contributed by atoms with Crippen LogP contribution in [0.3, 0.4) is 0 Å². The van der Waals surface area contributed by atoms with Crippen molar-refractivity contribution in [2.24, 2.45) is 0 Å². The summed E-state index contributed by atoms with van der Waals surface area (Å²) in [6.07, 6.45) is 5.54. The van der Waals surface area contributed by atoms with Gasteiger partial charge in [0.1, 0.15) is 5.01 Å². The van der Waals surface area contributed by atoms with Gasteiger partial charge in [0.05, 0.1) is 15.9 Å². The quantitative estimate of drug-likeness (QED) is 0.685. The van der Waals surface area contributed by atoms with Crippen molar-refractivity contribution in [1.82, 2.24) is 9.97 Å². The van der Waals surface area contributed by atoms with Gasteiger partial charge in [-0.2, -0.15) is 0 Å². The minimum atomic E-state index is 0.974. The summed E-state index contributed by atoms with van der Waals surface area (Å²) in [5.74, 6) is 0. The summed E-state index contributed by atoms with van der Waals surface area (Å²) in [5, 5.41) is 1.00. The molecule has 2 nitrogen and oxygen atoms in total. The van der Waals surface area contributed by atoms with Crippen molar-refractivity contribution >= 4 is 21.6 Å². The number of aryl methyl sites for hydroxylation is 1. The lowest BCUT2D eigenvalue weighted by Crippen LogP contribution is -1.88. The molecule has 0 saturated carbocycles. The predicted molar refractivity (Wildman–Crippen MR) is 81.5 cm³/mol. The highest BCUT2D eigenvalue weighted by Crippen LogP contribution is 2.28. The van der Waals surface area contributed by atoms with Crippen molar-refractivity contribution in [3.63, 3.8) is 0 Å². The zero-order valence-electron chi connectivity index (χ0n) is 11.0. The van der Waals surface area contributed by atoms with Gasteiger partial charge in [-0.05, 0) is 36.6 Å². The van der Waals surface area contributed by atoms with Gasteiger partial charge in [-0.15, -0.1) is 11.3 Å². The highest BCUT2D eigenvalue weighted by molar-refractivity contribution is 7.21. The van der Waals surface area contributed by atoms with E-state index in [1.54, 1.807) is 11.3 Å². The number of fused-ring (bicyclic) bond motifs is 1. The van der Waals surface area contributed by atoms with Crippen molar-refractivity contribution in [1.29, 1.82) is 0 Å². The van der Waals surface area contributed by atoms with Crippen LogP contribution >= 0.6 is 11.3 Å². The maximum atomic E-state index is 4.63. The predicted octanol–water partition coefficient (Wildman–Crippen LogP) is 4.70. The maximum absolute atomic E-state index is 4.63. The first-order valence-electron chi connectivity index (χ1n) is 6.67. The number of pyridine rings is 1. The summed E-state index contributed by atoms with van der Waals surface area (Å²) in [7, 11) is 0. The summed E-state index contributed by atoms with van der Waals surface area (Å²) in [4.78, 5) is 9.18. The number of rotatable bonds is 4. The van der Waals surface area contributed by atoms with E-state index in [9.17, 15) is 0 Å². The number of para-hydroxylation sites is 1. The van der Waals surface area contributed by atoms with Crippen LogP contribution in [0.1, 0.15) is 25.3 Å². The first kappa shape index (κ1) is 12.3. The summed E-state index contributed by atoms with van der Waals surface area (Å²) in [6, 6.07) is 12.5. The van der Waals surface area contributed by atoms with Crippen LogP contribution < -0.4 is 0 Å². The van der Waals surface area contributed by atoms with Gasteiger partial charge in [0.15, 0.2) is 0 Å². The fraction of sp³-hybridized carbons (Fsp3) is 0.250. The number of nitrogens with zero attached hydrogens (tertiary/aromatic N) is 2. The summed E-state index contributed by atoms with van der Waals surface area (Å²) in [6.45, 7) is 2.21. The smallest absolute Gasteiger partial charge is 0.143 e. The fourth-order valence-electron chi connectivity index (χ4n) is 2.06. The molecule has 0 unspecified atom stereocenters. The third-order valence-electron chi connectivity index (χ3n) is 3.16. The molecule has 0 aliphatic carbocycles. The number of aromatic nitrogens is 2. The highest BCUT2D eigenvalue weighted by atomic mass is 32.1. The Morgan fingerprint density at radius 2 is 2.00 bits per heavy atom. The fourth-order valence-corrected chi connectivity index (χ4v) is 3.00. The van der Waals surface area contributed by atoms with Crippen molar-refractivity contribution in [2.75, 3.05) is 0 Å². The summed E-state index contributed by atoms with van der Waals surface area (Å²) < 4.78 is 1.22. The van der Waals surface area contributed by atoms with Crippen LogP contribution in [0.15, 0.2) is 42.6 Å². The molecule has 2 aromatic heterocycles. The second-order valence-electron chi connectivity index (χ2n) is 4.64. The molecule has 0 amide bonds. The van der Waals surface area contributed by atoms with Crippen molar-refractivity contribution in [3.8, 4) is 10.7 Å². The standard InChI is InChI=1S/C16H16N2S/c1-2-3-6-12-9-10-14(17-11-12)16-18-13-7-4-5-8-15(13)19-16/h4-5,7-11H,2-3,6H2,1H3. The Hall–Kier alpha value is -1.74. The Balaban J connectivity index is 1.88. The Kier molecular flexibility index (Phi) is 3.56. The lowest BCUT2D eigenvalue weighted by atomic mass is 10.1. The zero-order valence-corrected chi connectivity index (χ0v) is 11.8. The van der Waals surface area contributed by atoms with E-state index >= 15 is 0 Å². The first-order valence-corrected chi connectivity index (χ1v) is 7.49. The lowest BCUT2D eigenvalue weighted by Gasteiger charge is -2.00. The van der Waals surface area contributed by atoms with Crippen molar-refractivity contribution in [2.45, 2.75) is 26.2 Å². The summed E-state index contributed by atoms with van der Waals surface area (Å²) in [5.41, 5.74) is 3.34. The minimum Gasteiger partial charge on any atom is -0.253 e. The molecule has 0 saturated heterocycles. The highest BCUT2D eigenvalue weighted by Gasteiger charge is 2.06. The molecule has 0 aliphatic heterocycles. The lowest BCUT2D eigenvalue weighted by molar-refractivity contribution is 0.792. The number of benzene rings is 1. The van der Waals surface area contributed by atoms with Gasteiger partial charge in [-0.25, -0.2) is 4.98 Å². The molecule has 0 N–H and O–H groups in total. The van der Waals surface area contributed by atoms with E-state index in [-0.39, 0.29) is 0 Å². The Morgan fingerprint density at radius 3 is 2.74 bits per heavy atom. The molecule has 3 aromatic rings. The monoisotopic (exact) mass is 268 g/mol. The molecule has 3 heteroatoms. The first-order chi connectivity index (χ1) is 9.36. The molecule has 0 fully saturated rings. The summed E-state index contributed by atoms with van der Waals surface area (Å²) >= 11 is 1.70. The van der Waals surface area contributed by atoms with Crippen LogP contribution in [0.4, 0.5) is 0 Å². The Labute approximate surface area is 117 Å². The molecule has 96 valence electrons. The average molecular weight is 268 g/mol.